The number of alkyl halides is 2. The molecule has 0 aliphatic carbocycles. The lowest BCUT2D eigenvalue weighted by atomic mass is 10.1. The topological polar surface area (TPSA) is 92.4 Å². The third-order valence-corrected chi connectivity index (χ3v) is 3.58. The molecule has 2 aromatic carbocycles. The summed E-state index contributed by atoms with van der Waals surface area (Å²) in [7, 11) is 0. The third kappa shape index (κ3) is 4.88. The number of nitrogens with zero attached hydrogens (tertiary/aromatic N) is 2. The summed E-state index contributed by atoms with van der Waals surface area (Å²) in [5.41, 5.74) is 1.54. The molecule has 142 valence electrons. The SMILES string of the molecule is O=[N+]([O-])c1cc2c(c(CO/N=C\c3ccc(OC(F)F)cc3)c1)OCOC2. The Morgan fingerprint density at radius 3 is 2.78 bits per heavy atom. The molecule has 27 heavy (non-hydrogen) atoms. The highest BCUT2D eigenvalue weighted by Gasteiger charge is 2.21. The van der Waals surface area contributed by atoms with Crippen LogP contribution in [0.25, 0.3) is 0 Å². The number of hydrogen-bond acceptors (Lipinski definition) is 7. The summed E-state index contributed by atoms with van der Waals surface area (Å²) in [6.07, 6.45) is 1.37. The number of oxime groups is 1. The number of fused-ring (bicyclic) bond motifs is 1. The zero-order valence-corrected chi connectivity index (χ0v) is 13.8. The standard InChI is InChI=1S/C17H14F2N2O6/c18-17(19)27-15-3-1-11(2-4-15)7-20-26-9-13-6-14(21(22)23)5-12-8-24-10-25-16(12)13/h1-7,17H,8-10H2/b20-7-. The fourth-order valence-corrected chi connectivity index (χ4v) is 2.43. The van der Waals surface area contributed by atoms with E-state index in [2.05, 4.69) is 9.89 Å². The summed E-state index contributed by atoms with van der Waals surface area (Å²) in [6.45, 7) is -2.68. The van der Waals surface area contributed by atoms with Crippen LogP contribution in [0, 0.1) is 10.1 Å². The first-order valence-corrected chi connectivity index (χ1v) is 7.74. The Kier molecular flexibility index (Phi) is 5.77. The van der Waals surface area contributed by atoms with Crippen molar-refractivity contribution in [2.75, 3.05) is 6.79 Å². The Bertz CT molecular complexity index is 842. The minimum atomic E-state index is -2.89. The second-order valence-electron chi connectivity index (χ2n) is 5.42. The predicted octanol–water partition coefficient (Wildman–Crippen LogP) is 3.61. The number of nitro benzene ring substituents is 1. The number of nitro groups is 1. The van der Waals surface area contributed by atoms with E-state index in [0.29, 0.717) is 22.4 Å². The Hall–Kier alpha value is -3.27. The van der Waals surface area contributed by atoms with E-state index in [1.54, 1.807) is 0 Å². The summed E-state index contributed by atoms with van der Waals surface area (Å²) in [5, 5.41) is 14.8. The smallest absolute Gasteiger partial charge is 0.387 e. The Morgan fingerprint density at radius 2 is 2.07 bits per heavy atom. The normalized spacial score (nSPS) is 13.3. The summed E-state index contributed by atoms with van der Waals surface area (Å²) in [6, 6.07) is 8.55. The van der Waals surface area contributed by atoms with Gasteiger partial charge in [0.2, 0.25) is 0 Å². The zero-order valence-electron chi connectivity index (χ0n) is 13.8. The molecule has 0 bridgehead atoms. The molecule has 1 heterocycles. The molecule has 0 amide bonds. The molecule has 1 aliphatic heterocycles. The largest absolute Gasteiger partial charge is 0.467 e. The van der Waals surface area contributed by atoms with Crippen LogP contribution in [0.15, 0.2) is 41.6 Å². The van der Waals surface area contributed by atoms with Crippen molar-refractivity contribution in [2.24, 2.45) is 5.16 Å². The fourth-order valence-electron chi connectivity index (χ4n) is 2.43. The molecular formula is C17H14F2N2O6. The van der Waals surface area contributed by atoms with Crippen LogP contribution in [0.2, 0.25) is 0 Å². The quantitative estimate of drug-likeness (QED) is 0.414. The van der Waals surface area contributed by atoms with Crippen molar-refractivity contribution in [1.82, 2.24) is 0 Å². The maximum Gasteiger partial charge on any atom is 0.387 e. The van der Waals surface area contributed by atoms with Gasteiger partial charge in [-0.15, -0.1) is 0 Å². The zero-order chi connectivity index (χ0) is 19.2. The molecule has 0 spiro atoms. The van der Waals surface area contributed by atoms with Crippen LogP contribution in [0.4, 0.5) is 14.5 Å². The molecule has 8 nitrogen and oxygen atoms in total. The third-order valence-electron chi connectivity index (χ3n) is 3.58. The monoisotopic (exact) mass is 380 g/mol. The second-order valence-corrected chi connectivity index (χ2v) is 5.42. The highest BCUT2D eigenvalue weighted by molar-refractivity contribution is 5.79. The van der Waals surface area contributed by atoms with Crippen molar-refractivity contribution in [3.8, 4) is 11.5 Å². The second kappa shape index (κ2) is 8.41. The van der Waals surface area contributed by atoms with Gasteiger partial charge >= 0.3 is 6.61 Å². The number of ether oxygens (including phenoxy) is 3. The lowest BCUT2D eigenvalue weighted by Gasteiger charge is -2.20. The van der Waals surface area contributed by atoms with E-state index < -0.39 is 11.5 Å². The molecule has 0 N–H and O–H groups in total. The van der Waals surface area contributed by atoms with Gasteiger partial charge in [-0.3, -0.25) is 10.1 Å². The van der Waals surface area contributed by atoms with Gasteiger partial charge in [0, 0.05) is 23.3 Å². The van der Waals surface area contributed by atoms with Crippen molar-refractivity contribution >= 4 is 11.9 Å². The van der Waals surface area contributed by atoms with E-state index in [1.165, 1.54) is 42.6 Å². The average Bonchev–Trinajstić information content (AvgIpc) is 2.65. The van der Waals surface area contributed by atoms with E-state index in [-0.39, 0.29) is 31.4 Å². The van der Waals surface area contributed by atoms with Crippen molar-refractivity contribution in [2.45, 2.75) is 19.8 Å². The summed E-state index contributed by atoms with van der Waals surface area (Å²) in [5.74, 6) is 0.515. The van der Waals surface area contributed by atoms with Crippen molar-refractivity contribution < 1.29 is 32.8 Å². The molecule has 10 heteroatoms. The molecule has 0 saturated heterocycles. The first-order valence-electron chi connectivity index (χ1n) is 7.74. The molecule has 0 fully saturated rings. The van der Waals surface area contributed by atoms with E-state index in [4.69, 9.17) is 14.3 Å². The van der Waals surface area contributed by atoms with Gasteiger partial charge in [-0.25, -0.2) is 0 Å². The average molecular weight is 380 g/mol. The molecular weight excluding hydrogens is 366 g/mol. The van der Waals surface area contributed by atoms with Crippen LogP contribution in [-0.4, -0.2) is 24.5 Å². The molecule has 2 aromatic rings. The summed E-state index contributed by atoms with van der Waals surface area (Å²) < 4.78 is 39.0. The van der Waals surface area contributed by atoms with Crippen LogP contribution >= 0.6 is 0 Å². The predicted molar refractivity (Wildman–Crippen MR) is 88.8 cm³/mol. The maximum absolute atomic E-state index is 12.1. The molecule has 0 unspecified atom stereocenters. The maximum atomic E-state index is 12.1. The van der Waals surface area contributed by atoms with Crippen LogP contribution in [0.3, 0.4) is 0 Å². The minimum absolute atomic E-state index is 0.0330. The summed E-state index contributed by atoms with van der Waals surface area (Å²) in [4.78, 5) is 15.7. The van der Waals surface area contributed by atoms with Crippen molar-refractivity contribution in [1.29, 1.82) is 0 Å². The minimum Gasteiger partial charge on any atom is -0.467 e. The first kappa shape index (κ1) is 18.5. The molecule has 0 atom stereocenters. The number of halogens is 2. The van der Waals surface area contributed by atoms with Crippen LogP contribution in [-0.2, 0) is 22.8 Å². The Balaban J connectivity index is 1.65. The van der Waals surface area contributed by atoms with E-state index in [0.717, 1.165) is 0 Å². The van der Waals surface area contributed by atoms with E-state index in [9.17, 15) is 18.9 Å². The molecule has 1 aliphatic rings. The van der Waals surface area contributed by atoms with Gasteiger partial charge in [0.15, 0.2) is 6.79 Å². The highest BCUT2D eigenvalue weighted by atomic mass is 19.3. The van der Waals surface area contributed by atoms with Gasteiger partial charge in [0.25, 0.3) is 5.69 Å². The molecule has 3 rings (SSSR count). The van der Waals surface area contributed by atoms with Gasteiger partial charge in [0.1, 0.15) is 18.1 Å². The lowest BCUT2D eigenvalue weighted by molar-refractivity contribution is -0.385. The lowest BCUT2D eigenvalue weighted by Crippen LogP contribution is -2.13. The van der Waals surface area contributed by atoms with E-state index in [1.807, 2.05) is 0 Å². The highest BCUT2D eigenvalue weighted by Crippen LogP contribution is 2.33. The summed E-state index contributed by atoms with van der Waals surface area (Å²) >= 11 is 0. The Morgan fingerprint density at radius 1 is 1.30 bits per heavy atom. The number of non-ortho nitro benzene ring substituents is 1. The number of rotatable bonds is 7. The Labute approximate surface area is 152 Å². The molecule has 0 radical (unpaired) electrons. The van der Waals surface area contributed by atoms with Crippen molar-refractivity contribution in [3.63, 3.8) is 0 Å². The van der Waals surface area contributed by atoms with Crippen LogP contribution in [0.5, 0.6) is 11.5 Å². The molecule has 0 saturated carbocycles. The van der Waals surface area contributed by atoms with Gasteiger partial charge in [0.05, 0.1) is 17.7 Å². The van der Waals surface area contributed by atoms with Gasteiger partial charge in [-0.1, -0.05) is 5.16 Å². The van der Waals surface area contributed by atoms with Gasteiger partial charge in [-0.05, 0) is 29.8 Å². The molecule has 0 aromatic heterocycles. The van der Waals surface area contributed by atoms with Crippen LogP contribution in [0.1, 0.15) is 16.7 Å². The first-order chi connectivity index (χ1) is 13.0. The van der Waals surface area contributed by atoms with Gasteiger partial charge in [-0.2, -0.15) is 8.78 Å². The number of benzene rings is 2. The van der Waals surface area contributed by atoms with Crippen molar-refractivity contribution in [3.05, 3.63) is 63.2 Å². The fraction of sp³-hybridized carbons (Fsp3) is 0.235. The number of hydrogen-bond donors (Lipinski definition) is 0. The van der Waals surface area contributed by atoms with Gasteiger partial charge < -0.3 is 19.0 Å². The van der Waals surface area contributed by atoms with E-state index >= 15 is 0 Å². The van der Waals surface area contributed by atoms with Crippen LogP contribution < -0.4 is 9.47 Å².